The summed E-state index contributed by atoms with van der Waals surface area (Å²) in [5, 5.41) is 86.7. The Morgan fingerprint density at radius 3 is 1.51 bits per heavy atom. The summed E-state index contributed by atoms with van der Waals surface area (Å²) in [5.74, 6) is -0.250. The minimum Gasteiger partial charge on any atom is -0.394 e. The molecule has 14 heteroatoms. The van der Waals surface area contributed by atoms with Gasteiger partial charge in [0.1, 0.15) is 48.8 Å². The molecule has 0 aromatic carbocycles. The normalized spacial score (nSPS) is 27.2. The zero-order valence-corrected chi connectivity index (χ0v) is 40.5. The second kappa shape index (κ2) is 38.3. The minimum absolute atomic E-state index is 0.250. The van der Waals surface area contributed by atoms with Crippen molar-refractivity contribution in [2.45, 2.75) is 274 Å². The zero-order chi connectivity index (χ0) is 47.5. The lowest BCUT2D eigenvalue weighted by molar-refractivity contribution is -0.359. The predicted octanol–water partition coefficient (Wildman–Crippen LogP) is 6.94. The number of aliphatic hydroxyl groups is 8. The van der Waals surface area contributed by atoms with E-state index in [0.29, 0.717) is 6.42 Å². The molecule has 0 bridgehead atoms. The van der Waals surface area contributed by atoms with Gasteiger partial charge in [-0.05, 0) is 38.5 Å². The van der Waals surface area contributed by atoms with Crippen LogP contribution in [0.4, 0.5) is 0 Å². The average Bonchev–Trinajstić information content (AvgIpc) is 3.30. The van der Waals surface area contributed by atoms with Gasteiger partial charge in [0, 0.05) is 6.42 Å². The molecule has 0 saturated carbocycles. The fourth-order valence-electron chi connectivity index (χ4n) is 8.57. The molecule has 2 fully saturated rings. The molecule has 0 aromatic heterocycles. The standard InChI is InChI=1S/C51H95NO13/c1-3-5-7-9-11-13-15-16-17-18-19-20-21-22-23-25-26-28-30-32-34-40(55)39(52-43(56)35-33-31-29-27-24-14-12-10-8-6-4-2)38-62-50-48(61)46(59)49(42(37-54)64-50)65-51-47(60)45(58)44(57)41(36-53)63-51/h10,12,32,34,39-42,44-51,53-55,57-61H,3-9,11,13-31,33,35-38H2,1-2H3,(H,52,56)/b12-10-,34-32+. The van der Waals surface area contributed by atoms with Crippen LogP contribution in [0, 0.1) is 0 Å². The molecule has 12 atom stereocenters. The van der Waals surface area contributed by atoms with Crippen LogP contribution in [0.3, 0.4) is 0 Å². The molecular weight excluding hydrogens is 835 g/mol. The van der Waals surface area contributed by atoms with Crippen molar-refractivity contribution in [2.24, 2.45) is 0 Å². The van der Waals surface area contributed by atoms with Crippen LogP contribution in [0.1, 0.15) is 200 Å². The molecule has 14 nitrogen and oxygen atoms in total. The van der Waals surface area contributed by atoms with Gasteiger partial charge in [-0.15, -0.1) is 0 Å². The third kappa shape index (κ3) is 25.6. The molecule has 65 heavy (non-hydrogen) atoms. The first-order valence-corrected chi connectivity index (χ1v) is 26.1. The lowest BCUT2D eigenvalue weighted by Gasteiger charge is -2.46. The van der Waals surface area contributed by atoms with Crippen molar-refractivity contribution in [3.8, 4) is 0 Å². The van der Waals surface area contributed by atoms with Gasteiger partial charge in [0.25, 0.3) is 0 Å². The summed E-state index contributed by atoms with van der Waals surface area (Å²) in [4.78, 5) is 13.1. The van der Waals surface area contributed by atoms with Crippen LogP contribution in [0.15, 0.2) is 24.3 Å². The summed E-state index contributed by atoms with van der Waals surface area (Å²) in [5.41, 5.74) is 0. The maximum absolute atomic E-state index is 13.1. The van der Waals surface area contributed by atoms with E-state index >= 15 is 0 Å². The van der Waals surface area contributed by atoms with E-state index in [1.807, 2.05) is 6.08 Å². The summed E-state index contributed by atoms with van der Waals surface area (Å²) in [7, 11) is 0. The van der Waals surface area contributed by atoms with Gasteiger partial charge in [-0.25, -0.2) is 0 Å². The van der Waals surface area contributed by atoms with E-state index in [4.69, 9.17) is 18.9 Å². The molecular formula is C51H95NO13. The summed E-state index contributed by atoms with van der Waals surface area (Å²) < 4.78 is 22.7. The highest BCUT2D eigenvalue weighted by molar-refractivity contribution is 5.76. The minimum atomic E-state index is -1.79. The summed E-state index contributed by atoms with van der Waals surface area (Å²) in [6.45, 7) is 2.74. The van der Waals surface area contributed by atoms with Gasteiger partial charge in [0.15, 0.2) is 12.6 Å². The van der Waals surface area contributed by atoms with Crippen molar-refractivity contribution in [1.29, 1.82) is 0 Å². The maximum Gasteiger partial charge on any atom is 0.220 e. The Morgan fingerprint density at radius 2 is 0.985 bits per heavy atom. The van der Waals surface area contributed by atoms with Crippen molar-refractivity contribution in [3.05, 3.63) is 24.3 Å². The first-order chi connectivity index (χ1) is 31.6. The number of amides is 1. The monoisotopic (exact) mass is 930 g/mol. The number of nitrogens with one attached hydrogen (secondary N) is 1. The molecule has 0 aromatic rings. The van der Waals surface area contributed by atoms with Gasteiger partial charge in [-0.2, -0.15) is 0 Å². The number of rotatable bonds is 40. The maximum atomic E-state index is 13.1. The van der Waals surface area contributed by atoms with Crippen molar-refractivity contribution in [1.82, 2.24) is 5.32 Å². The number of ether oxygens (including phenoxy) is 4. The van der Waals surface area contributed by atoms with E-state index in [1.54, 1.807) is 6.08 Å². The Kier molecular flexibility index (Phi) is 35.1. The Bertz CT molecular complexity index is 1190. The van der Waals surface area contributed by atoms with Gasteiger partial charge in [0.2, 0.25) is 5.91 Å². The van der Waals surface area contributed by atoms with Crippen LogP contribution in [-0.2, 0) is 23.7 Å². The van der Waals surface area contributed by atoms with E-state index in [2.05, 4.69) is 31.3 Å². The van der Waals surface area contributed by atoms with Gasteiger partial charge < -0.3 is 65.1 Å². The van der Waals surface area contributed by atoms with E-state index in [-0.39, 0.29) is 18.9 Å². The molecule has 2 saturated heterocycles. The first-order valence-electron chi connectivity index (χ1n) is 26.1. The van der Waals surface area contributed by atoms with Crippen LogP contribution >= 0.6 is 0 Å². The smallest absolute Gasteiger partial charge is 0.220 e. The first kappa shape index (κ1) is 59.6. The fourth-order valence-corrected chi connectivity index (χ4v) is 8.57. The largest absolute Gasteiger partial charge is 0.394 e. The topological polar surface area (TPSA) is 228 Å². The summed E-state index contributed by atoms with van der Waals surface area (Å²) in [6, 6.07) is -0.915. The molecule has 2 heterocycles. The molecule has 382 valence electrons. The second-order valence-corrected chi connectivity index (χ2v) is 18.6. The third-order valence-electron chi connectivity index (χ3n) is 12.9. The molecule has 2 aliphatic heterocycles. The molecule has 0 aliphatic carbocycles. The van der Waals surface area contributed by atoms with Gasteiger partial charge in [-0.3, -0.25) is 4.79 Å². The number of allylic oxidation sites excluding steroid dienone is 3. The number of hydrogen-bond acceptors (Lipinski definition) is 13. The van der Waals surface area contributed by atoms with E-state index in [9.17, 15) is 45.6 Å². The molecule has 1 amide bonds. The number of carbonyl (C=O) groups is 1. The molecule has 0 radical (unpaired) electrons. The second-order valence-electron chi connectivity index (χ2n) is 18.6. The molecule has 9 N–H and O–H groups in total. The van der Waals surface area contributed by atoms with Crippen LogP contribution in [0.25, 0.3) is 0 Å². The van der Waals surface area contributed by atoms with Gasteiger partial charge in [-0.1, -0.05) is 179 Å². The number of unbranched alkanes of at least 4 members (excludes halogenated alkanes) is 25. The number of carbonyl (C=O) groups excluding carboxylic acids is 1. The van der Waals surface area contributed by atoms with Crippen LogP contribution in [0.2, 0.25) is 0 Å². The fraction of sp³-hybridized carbons (Fsp3) is 0.902. The zero-order valence-electron chi connectivity index (χ0n) is 40.5. The van der Waals surface area contributed by atoms with Crippen LogP contribution in [-0.4, -0.2) is 140 Å². The highest BCUT2D eigenvalue weighted by atomic mass is 16.7. The van der Waals surface area contributed by atoms with Gasteiger partial charge >= 0.3 is 0 Å². The molecule has 12 unspecified atom stereocenters. The SMILES string of the molecule is CCCC/C=C\CCCCCCCC(=O)NC(COC1OC(CO)C(OC2OC(CO)C(O)C(O)C2O)C(O)C1O)C(O)/C=C/CCCCCCCCCCCCCCCCCCCC. The highest BCUT2D eigenvalue weighted by Gasteiger charge is 2.51. The van der Waals surface area contributed by atoms with Crippen molar-refractivity contribution < 1.29 is 64.6 Å². The molecule has 2 rings (SSSR count). The Labute approximate surface area is 392 Å². The van der Waals surface area contributed by atoms with E-state index in [0.717, 1.165) is 57.8 Å². The summed E-state index contributed by atoms with van der Waals surface area (Å²) >= 11 is 0. The lowest BCUT2D eigenvalue weighted by Crippen LogP contribution is -2.65. The molecule has 2 aliphatic rings. The third-order valence-corrected chi connectivity index (χ3v) is 12.9. The number of aliphatic hydroxyl groups excluding tert-OH is 8. The molecule has 0 spiro atoms. The quantitative estimate of drug-likeness (QED) is 0.0225. The highest BCUT2D eigenvalue weighted by Crippen LogP contribution is 2.30. The van der Waals surface area contributed by atoms with E-state index in [1.165, 1.54) is 116 Å². The lowest BCUT2D eigenvalue weighted by atomic mass is 9.97. The predicted molar refractivity (Wildman–Crippen MR) is 254 cm³/mol. The van der Waals surface area contributed by atoms with E-state index < -0.39 is 86.8 Å². The van der Waals surface area contributed by atoms with Crippen molar-refractivity contribution in [2.75, 3.05) is 19.8 Å². The average molecular weight is 930 g/mol. The number of hydrogen-bond donors (Lipinski definition) is 9. The Morgan fingerprint density at radius 1 is 0.538 bits per heavy atom. The van der Waals surface area contributed by atoms with Crippen molar-refractivity contribution in [3.63, 3.8) is 0 Å². The Balaban J connectivity index is 1.82. The van der Waals surface area contributed by atoms with Crippen LogP contribution in [0.5, 0.6) is 0 Å². The van der Waals surface area contributed by atoms with Crippen LogP contribution < -0.4 is 5.32 Å². The van der Waals surface area contributed by atoms with Crippen molar-refractivity contribution >= 4 is 5.91 Å². The van der Waals surface area contributed by atoms with Gasteiger partial charge in [0.05, 0.1) is 32.0 Å². The Hall–Kier alpha value is -1.53. The summed E-state index contributed by atoms with van der Waals surface area (Å²) in [6.07, 6.45) is 25.1.